The minimum atomic E-state index is -0.511. The summed E-state index contributed by atoms with van der Waals surface area (Å²) in [4.78, 5) is 26.5. The van der Waals surface area contributed by atoms with Crippen LogP contribution in [0.25, 0.3) is 0 Å². The molecule has 4 nitrogen and oxygen atoms in total. The lowest BCUT2D eigenvalue weighted by Crippen LogP contribution is -2.35. The van der Waals surface area contributed by atoms with E-state index in [-0.39, 0.29) is 18.2 Å². The molecule has 1 N–H and O–H groups in total. The van der Waals surface area contributed by atoms with Gasteiger partial charge in [-0.05, 0) is 49.6 Å². The standard InChI is InChI=1S/C19H20N2O2/c1-12-6-4-9-15(10-12)20-16-11-17(22)21(19(16)23)18-13(2)7-5-8-14(18)3/h4-10,16,20H,11H2,1-3H3. The summed E-state index contributed by atoms with van der Waals surface area (Å²) in [5.74, 6) is -0.341. The van der Waals surface area contributed by atoms with E-state index in [1.54, 1.807) is 0 Å². The van der Waals surface area contributed by atoms with Crippen molar-refractivity contribution >= 4 is 23.2 Å². The monoisotopic (exact) mass is 308 g/mol. The number of carbonyl (C=O) groups is 2. The minimum absolute atomic E-state index is 0.155. The fourth-order valence-corrected chi connectivity index (χ4v) is 3.07. The Morgan fingerprint density at radius 2 is 1.65 bits per heavy atom. The van der Waals surface area contributed by atoms with Crippen molar-refractivity contribution in [2.45, 2.75) is 33.2 Å². The summed E-state index contributed by atoms with van der Waals surface area (Å²) in [7, 11) is 0. The van der Waals surface area contributed by atoms with E-state index < -0.39 is 6.04 Å². The van der Waals surface area contributed by atoms with E-state index in [4.69, 9.17) is 0 Å². The van der Waals surface area contributed by atoms with Crippen LogP contribution in [0.2, 0.25) is 0 Å². The first-order valence-electron chi connectivity index (χ1n) is 7.73. The summed E-state index contributed by atoms with van der Waals surface area (Å²) in [6.45, 7) is 5.84. The molecule has 0 radical (unpaired) electrons. The third kappa shape index (κ3) is 2.84. The first-order chi connectivity index (χ1) is 11.0. The number of hydrogen-bond donors (Lipinski definition) is 1. The van der Waals surface area contributed by atoms with Crippen LogP contribution in [0.3, 0.4) is 0 Å². The van der Waals surface area contributed by atoms with Crippen LogP contribution in [0.5, 0.6) is 0 Å². The van der Waals surface area contributed by atoms with Crippen LogP contribution in [-0.2, 0) is 9.59 Å². The molecule has 0 bridgehead atoms. The molecule has 0 aromatic heterocycles. The number of nitrogens with zero attached hydrogens (tertiary/aromatic N) is 1. The molecule has 1 heterocycles. The van der Waals surface area contributed by atoms with Crippen LogP contribution in [0, 0.1) is 20.8 Å². The van der Waals surface area contributed by atoms with Gasteiger partial charge in [-0.25, -0.2) is 4.90 Å². The topological polar surface area (TPSA) is 49.4 Å². The van der Waals surface area contributed by atoms with Crippen molar-refractivity contribution < 1.29 is 9.59 Å². The average molecular weight is 308 g/mol. The van der Waals surface area contributed by atoms with E-state index in [9.17, 15) is 9.59 Å². The molecule has 2 amide bonds. The van der Waals surface area contributed by atoms with Gasteiger partial charge in [-0.3, -0.25) is 9.59 Å². The Kier molecular flexibility index (Phi) is 3.90. The Labute approximate surface area is 136 Å². The summed E-state index contributed by atoms with van der Waals surface area (Å²) in [5.41, 5.74) is 4.56. The van der Waals surface area contributed by atoms with Gasteiger partial charge in [0, 0.05) is 5.69 Å². The normalized spacial score (nSPS) is 17.7. The third-order valence-electron chi connectivity index (χ3n) is 4.17. The summed E-state index contributed by atoms with van der Waals surface area (Å²) >= 11 is 0. The molecule has 1 unspecified atom stereocenters. The molecule has 118 valence electrons. The molecule has 1 aliphatic heterocycles. The van der Waals surface area contributed by atoms with Crippen molar-refractivity contribution in [3.63, 3.8) is 0 Å². The lowest BCUT2D eigenvalue weighted by molar-refractivity contribution is -0.121. The Bertz CT molecular complexity index is 762. The second kappa shape index (κ2) is 5.88. The molecule has 1 saturated heterocycles. The molecule has 4 heteroatoms. The first kappa shape index (κ1) is 15.3. The molecular formula is C19H20N2O2. The minimum Gasteiger partial charge on any atom is -0.373 e. The van der Waals surface area contributed by atoms with Crippen LogP contribution in [0.1, 0.15) is 23.1 Å². The van der Waals surface area contributed by atoms with Gasteiger partial charge in [0.25, 0.3) is 5.91 Å². The molecule has 0 spiro atoms. The number of hydrogen-bond acceptors (Lipinski definition) is 3. The number of benzene rings is 2. The van der Waals surface area contributed by atoms with Crippen LogP contribution in [0.4, 0.5) is 11.4 Å². The summed E-state index contributed by atoms with van der Waals surface area (Å²) < 4.78 is 0. The van der Waals surface area contributed by atoms with E-state index in [2.05, 4.69) is 5.32 Å². The highest BCUT2D eigenvalue weighted by atomic mass is 16.2. The second-order valence-corrected chi connectivity index (χ2v) is 6.08. The largest absolute Gasteiger partial charge is 0.373 e. The SMILES string of the molecule is Cc1cccc(NC2CC(=O)N(c3c(C)cccc3C)C2=O)c1. The molecule has 2 aromatic rings. The van der Waals surface area contributed by atoms with Crippen molar-refractivity contribution in [3.05, 3.63) is 59.2 Å². The van der Waals surface area contributed by atoms with Gasteiger partial charge in [0.15, 0.2) is 0 Å². The number of anilines is 2. The number of imide groups is 1. The number of para-hydroxylation sites is 1. The molecule has 1 fully saturated rings. The number of carbonyl (C=O) groups excluding carboxylic acids is 2. The predicted molar refractivity (Wildman–Crippen MR) is 91.6 cm³/mol. The molecule has 23 heavy (non-hydrogen) atoms. The van der Waals surface area contributed by atoms with Crippen molar-refractivity contribution in [3.8, 4) is 0 Å². The van der Waals surface area contributed by atoms with Crippen molar-refractivity contribution in [1.82, 2.24) is 0 Å². The summed E-state index contributed by atoms with van der Waals surface area (Å²) in [6.07, 6.45) is 0.181. The van der Waals surface area contributed by atoms with Crippen molar-refractivity contribution in [2.24, 2.45) is 0 Å². The van der Waals surface area contributed by atoms with E-state index in [0.29, 0.717) is 0 Å². The van der Waals surface area contributed by atoms with Crippen LogP contribution >= 0.6 is 0 Å². The number of rotatable bonds is 3. The highest BCUT2D eigenvalue weighted by molar-refractivity contribution is 6.23. The van der Waals surface area contributed by atoms with E-state index >= 15 is 0 Å². The Morgan fingerprint density at radius 1 is 1.00 bits per heavy atom. The maximum Gasteiger partial charge on any atom is 0.256 e. The summed E-state index contributed by atoms with van der Waals surface area (Å²) in [6, 6.07) is 13.1. The maximum absolute atomic E-state index is 12.8. The Morgan fingerprint density at radius 3 is 2.30 bits per heavy atom. The van der Waals surface area contributed by atoms with Gasteiger partial charge in [-0.15, -0.1) is 0 Å². The van der Waals surface area contributed by atoms with Crippen LogP contribution < -0.4 is 10.2 Å². The Balaban J connectivity index is 1.88. The fourth-order valence-electron chi connectivity index (χ4n) is 3.07. The van der Waals surface area contributed by atoms with Crippen molar-refractivity contribution in [1.29, 1.82) is 0 Å². The summed E-state index contributed by atoms with van der Waals surface area (Å²) in [5, 5.41) is 3.19. The number of nitrogens with one attached hydrogen (secondary N) is 1. The number of amides is 2. The quantitative estimate of drug-likeness (QED) is 0.885. The van der Waals surface area contributed by atoms with Crippen LogP contribution in [-0.4, -0.2) is 17.9 Å². The van der Waals surface area contributed by atoms with Gasteiger partial charge in [-0.2, -0.15) is 0 Å². The lowest BCUT2D eigenvalue weighted by atomic mass is 10.1. The van der Waals surface area contributed by atoms with Gasteiger partial charge in [-0.1, -0.05) is 30.3 Å². The van der Waals surface area contributed by atoms with Gasteiger partial charge in [0.1, 0.15) is 6.04 Å². The predicted octanol–water partition coefficient (Wildman–Crippen LogP) is 3.36. The fraction of sp³-hybridized carbons (Fsp3) is 0.263. The zero-order valence-electron chi connectivity index (χ0n) is 13.6. The smallest absolute Gasteiger partial charge is 0.256 e. The molecule has 0 saturated carbocycles. The molecule has 3 rings (SSSR count). The molecular weight excluding hydrogens is 288 g/mol. The van der Waals surface area contributed by atoms with Crippen molar-refractivity contribution in [2.75, 3.05) is 10.2 Å². The van der Waals surface area contributed by atoms with Crippen LogP contribution in [0.15, 0.2) is 42.5 Å². The molecule has 1 atom stereocenters. The first-order valence-corrected chi connectivity index (χ1v) is 7.73. The van der Waals surface area contributed by atoms with E-state index in [0.717, 1.165) is 28.1 Å². The number of aryl methyl sites for hydroxylation is 3. The van der Waals surface area contributed by atoms with Gasteiger partial charge < -0.3 is 5.32 Å². The third-order valence-corrected chi connectivity index (χ3v) is 4.17. The highest BCUT2D eigenvalue weighted by Gasteiger charge is 2.40. The molecule has 1 aliphatic rings. The van der Waals surface area contributed by atoms with E-state index in [1.807, 2.05) is 63.2 Å². The maximum atomic E-state index is 12.8. The molecule has 2 aromatic carbocycles. The van der Waals surface area contributed by atoms with Gasteiger partial charge in [0.05, 0.1) is 12.1 Å². The lowest BCUT2D eigenvalue weighted by Gasteiger charge is -2.20. The van der Waals surface area contributed by atoms with E-state index in [1.165, 1.54) is 4.90 Å². The Hall–Kier alpha value is -2.62. The zero-order valence-corrected chi connectivity index (χ0v) is 13.6. The highest BCUT2D eigenvalue weighted by Crippen LogP contribution is 2.30. The average Bonchev–Trinajstić information content (AvgIpc) is 2.75. The zero-order chi connectivity index (χ0) is 16.6. The molecule has 0 aliphatic carbocycles. The van der Waals surface area contributed by atoms with Gasteiger partial charge >= 0.3 is 0 Å². The second-order valence-electron chi connectivity index (χ2n) is 6.08. The van der Waals surface area contributed by atoms with Gasteiger partial charge in [0.2, 0.25) is 5.91 Å².